The average Bonchev–Trinajstić information content (AvgIpc) is 2.44. The van der Waals surface area contributed by atoms with Crippen LogP contribution in [0.2, 0.25) is 5.02 Å². The zero-order valence-electron chi connectivity index (χ0n) is 10.1. The highest BCUT2D eigenvalue weighted by Gasteiger charge is 2.10. The van der Waals surface area contributed by atoms with E-state index in [2.05, 4.69) is 11.4 Å². The van der Waals surface area contributed by atoms with Crippen LogP contribution in [0.25, 0.3) is 0 Å². The van der Waals surface area contributed by atoms with Crippen molar-refractivity contribution in [2.75, 3.05) is 11.9 Å². The number of hydrogen-bond acceptors (Lipinski definition) is 2. The van der Waals surface area contributed by atoms with Gasteiger partial charge in [0.2, 0.25) is 0 Å². The lowest BCUT2D eigenvalue weighted by Gasteiger charge is -2.12. The van der Waals surface area contributed by atoms with Crippen LogP contribution in [0.1, 0.15) is 11.5 Å². The molecule has 0 radical (unpaired) electrons. The summed E-state index contributed by atoms with van der Waals surface area (Å²) in [5.41, 5.74) is 1.55. The number of nitrogens with zero attached hydrogens (tertiary/aromatic N) is 1. The summed E-state index contributed by atoms with van der Waals surface area (Å²) in [5.74, 6) is -0.750. The first kappa shape index (κ1) is 13.4. The number of nitrogens with one attached hydrogen (secondary N) is 1. The maximum Gasteiger partial charge on any atom is 0.143 e. The first-order valence-electron chi connectivity index (χ1n) is 5.84. The molecular weight excluding hydrogens is 263 g/mol. The molecule has 0 saturated heterocycles. The van der Waals surface area contributed by atoms with E-state index >= 15 is 0 Å². The molecule has 2 aromatic carbocycles. The highest BCUT2D eigenvalue weighted by Crippen LogP contribution is 2.20. The third-order valence-corrected chi connectivity index (χ3v) is 3.09. The number of halogens is 2. The molecule has 0 aliphatic rings. The van der Waals surface area contributed by atoms with Crippen molar-refractivity contribution in [2.24, 2.45) is 0 Å². The summed E-state index contributed by atoms with van der Waals surface area (Å²) in [6, 6.07) is 16.2. The monoisotopic (exact) mass is 274 g/mol. The molecule has 1 N–H and O–H groups in total. The molecule has 0 aliphatic carbocycles. The van der Waals surface area contributed by atoms with Gasteiger partial charge in [0.15, 0.2) is 0 Å². The van der Waals surface area contributed by atoms with Crippen molar-refractivity contribution in [2.45, 2.75) is 5.92 Å². The van der Waals surface area contributed by atoms with Gasteiger partial charge in [0.05, 0.1) is 17.0 Å². The second-order valence-corrected chi connectivity index (χ2v) is 4.51. The lowest BCUT2D eigenvalue weighted by Crippen LogP contribution is -2.11. The predicted molar refractivity (Wildman–Crippen MR) is 74.7 cm³/mol. The zero-order chi connectivity index (χ0) is 13.7. The first-order valence-corrected chi connectivity index (χ1v) is 6.22. The van der Waals surface area contributed by atoms with E-state index in [1.807, 2.05) is 30.3 Å². The average molecular weight is 275 g/mol. The van der Waals surface area contributed by atoms with E-state index in [0.29, 0.717) is 12.2 Å². The molecule has 0 aliphatic heterocycles. The molecule has 2 rings (SSSR count). The largest absolute Gasteiger partial charge is 0.383 e. The van der Waals surface area contributed by atoms with Crippen LogP contribution in [-0.4, -0.2) is 6.54 Å². The van der Waals surface area contributed by atoms with Crippen LogP contribution < -0.4 is 5.32 Å². The minimum atomic E-state index is -0.472. The van der Waals surface area contributed by atoms with Gasteiger partial charge in [-0.15, -0.1) is 0 Å². The molecule has 0 spiro atoms. The molecule has 2 aromatic rings. The number of hydrogen-bond donors (Lipinski definition) is 1. The van der Waals surface area contributed by atoms with E-state index in [-0.39, 0.29) is 10.9 Å². The van der Waals surface area contributed by atoms with Gasteiger partial charge in [0.25, 0.3) is 0 Å². The fraction of sp³-hybridized carbons (Fsp3) is 0.133. The maximum atomic E-state index is 13.3. The Labute approximate surface area is 116 Å². The van der Waals surface area contributed by atoms with Crippen molar-refractivity contribution < 1.29 is 4.39 Å². The summed E-state index contributed by atoms with van der Waals surface area (Å²) < 4.78 is 13.3. The Hall–Kier alpha value is -2.05. The van der Waals surface area contributed by atoms with Gasteiger partial charge in [-0.1, -0.05) is 41.9 Å². The van der Waals surface area contributed by atoms with E-state index < -0.39 is 5.82 Å². The van der Waals surface area contributed by atoms with E-state index in [1.54, 1.807) is 6.07 Å². The van der Waals surface area contributed by atoms with Crippen LogP contribution in [0.15, 0.2) is 48.5 Å². The van der Waals surface area contributed by atoms with E-state index in [0.717, 1.165) is 5.56 Å². The normalized spacial score (nSPS) is 11.6. The van der Waals surface area contributed by atoms with Gasteiger partial charge in [-0.2, -0.15) is 5.26 Å². The summed E-state index contributed by atoms with van der Waals surface area (Å²) in [6.45, 7) is 0.418. The molecule has 0 bridgehead atoms. The Kier molecular flexibility index (Phi) is 4.38. The van der Waals surface area contributed by atoms with Crippen LogP contribution in [-0.2, 0) is 0 Å². The molecule has 96 valence electrons. The van der Waals surface area contributed by atoms with E-state index in [9.17, 15) is 9.65 Å². The van der Waals surface area contributed by atoms with Gasteiger partial charge < -0.3 is 5.32 Å². The summed E-state index contributed by atoms with van der Waals surface area (Å²) in [5, 5.41) is 12.3. The minimum absolute atomic E-state index is 0.0884. The number of benzene rings is 2. The Bertz CT molecular complexity index is 593. The lowest BCUT2D eigenvalue weighted by molar-refractivity contribution is 0.628. The highest BCUT2D eigenvalue weighted by atomic mass is 35.5. The number of rotatable bonds is 4. The second-order valence-electron chi connectivity index (χ2n) is 4.10. The predicted octanol–water partition coefficient (Wildman–Crippen LogP) is 4.20. The van der Waals surface area contributed by atoms with E-state index in [1.165, 1.54) is 12.1 Å². The summed E-state index contributed by atoms with van der Waals surface area (Å²) in [6.07, 6.45) is 0. The number of nitriles is 1. The molecule has 0 amide bonds. The molecule has 0 heterocycles. The van der Waals surface area contributed by atoms with Crippen LogP contribution in [0.5, 0.6) is 0 Å². The fourth-order valence-electron chi connectivity index (χ4n) is 1.75. The molecule has 0 saturated carbocycles. The lowest BCUT2D eigenvalue weighted by atomic mass is 10.0. The Balaban J connectivity index is 2.05. The summed E-state index contributed by atoms with van der Waals surface area (Å²) >= 11 is 5.61. The van der Waals surface area contributed by atoms with Crippen molar-refractivity contribution in [1.82, 2.24) is 0 Å². The molecule has 1 atom stereocenters. The topological polar surface area (TPSA) is 35.8 Å². The van der Waals surface area contributed by atoms with Gasteiger partial charge in [0, 0.05) is 12.2 Å². The van der Waals surface area contributed by atoms with E-state index in [4.69, 9.17) is 11.6 Å². The SMILES string of the molecule is N#CC(CNc1ccc(Cl)c(F)c1)c1ccccc1. The van der Waals surface area contributed by atoms with Crippen LogP contribution >= 0.6 is 11.6 Å². The molecule has 19 heavy (non-hydrogen) atoms. The highest BCUT2D eigenvalue weighted by molar-refractivity contribution is 6.30. The van der Waals surface area contributed by atoms with Gasteiger partial charge in [0.1, 0.15) is 5.82 Å². The molecule has 2 nitrogen and oxygen atoms in total. The Morgan fingerprint density at radius 1 is 1.21 bits per heavy atom. The van der Waals surface area contributed by atoms with Crippen molar-refractivity contribution in [3.63, 3.8) is 0 Å². The van der Waals surface area contributed by atoms with Gasteiger partial charge in [-0.3, -0.25) is 0 Å². The molecule has 0 fully saturated rings. The maximum absolute atomic E-state index is 13.3. The Morgan fingerprint density at radius 2 is 1.95 bits per heavy atom. The molecule has 0 aromatic heterocycles. The van der Waals surface area contributed by atoms with Crippen molar-refractivity contribution >= 4 is 17.3 Å². The minimum Gasteiger partial charge on any atom is -0.383 e. The van der Waals surface area contributed by atoms with Crippen molar-refractivity contribution in [3.05, 3.63) is 64.9 Å². The summed E-state index contributed by atoms with van der Waals surface area (Å²) in [7, 11) is 0. The summed E-state index contributed by atoms with van der Waals surface area (Å²) in [4.78, 5) is 0. The molecular formula is C15H12ClFN2. The van der Waals surface area contributed by atoms with Gasteiger partial charge in [-0.25, -0.2) is 4.39 Å². The standard InChI is InChI=1S/C15H12ClFN2/c16-14-7-6-13(8-15(14)17)19-10-12(9-18)11-4-2-1-3-5-11/h1-8,12,19H,10H2. The van der Waals surface area contributed by atoms with Crippen LogP contribution in [0.4, 0.5) is 10.1 Å². The van der Waals surface area contributed by atoms with Crippen molar-refractivity contribution in [1.29, 1.82) is 5.26 Å². The smallest absolute Gasteiger partial charge is 0.143 e. The number of anilines is 1. The third kappa shape index (κ3) is 3.46. The second kappa shape index (κ2) is 6.21. The Morgan fingerprint density at radius 3 is 2.58 bits per heavy atom. The molecule has 1 unspecified atom stereocenters. The van der Waals surface area contributed by atoms with Gasteiger partial charge >= 0.3 is 0 Å². The van der Waals surface area contributed by atoms with Crippen LogP contribution in [0.3, 0.4) is 0 Å². The molecule has 4 heteroatoms. The fourth-order valence-corrected chi connectivity index (χ4v) is 1.87. The third-order valence-electron chi connectivity index (χ3n) is 2.79. The van der Waals surface area contributed by atoms with Crippen LogP contribution in [0, 0.1) is 17.1 Å². The zero-order valence-corrected chi connectivity index (χ0v) is 10.9. The van der Waals surface area contributed by atoms with Crippen molar-refractivity contribution in [3.8, 4) is 6.07 Å². The quantitative estimate of drug-likeness (QED) is 0.907. The van der Waals surface area contributed by atoms with Gasteiger partial charge in [-0.05, 0) is 23.8 Å². The first-order chi connectivity index (χ1) is 9.20.